The van der Waals surface area contributed by atoms with Gasteiger partial charge in [0.05, 0.1) is 17.0 Å². The van der Waals surface area contributed by atoms with Gasteiger partial charge in [-0.3, -0.25) is 4.90 Å². The molecule has 160 valence electrons. The van der Waals surface area contributed by atoms with E-state index in [0.29, 0.717) is 30.5 Å². The average Bonchev–Trinajstić information content (AvgIpc) is 3.01. The lowest BCUT2D eigenvalue weighted by Crippen LogP contribution is -2.47. The molecule has 1 atom stereocenters. The topological polar surface area (TPSA) is 71.2 Å². The molecule has 3 aromatic heterocycles. The van der Waals surface area contributed by atoms with Crippen molar-refractivity contribution < 1.29 is 13.2 Å². The molecule has 0 saturated carbocycles. The second-order valence-corrected chi connectivity index (χ2v) is 8.74. The van der Waals surface area contributed by atoms with E-state index in [9.17, 15) is 13.2 Å². The van der Waals surface area contributed by atoms with Gasteiger partial charge in [-0.25, -0.2) is 15.0 Å². The summed E-state index contributed by atoms with van der Waals surface area (Å²) in [4.78, 5) is 19.7. The third-order valence-corrected chi connectivity index (χ3v) is 6.81. The molecule has 4 rings (SSSR count). The van der Waals surface area contributed by atoms with Crippen LogP contribution in [0.4, 0.5) is 24.8 Å². The van der Waals surface area contributed by atoms with E-state index in [1.807, 2.05) is 11.8 Å². The van der Waals surface area contributed by atoms with E-state index >= 15 is 0 Å². The van der Waals surface area contributed by atoms with Crippen LogP contribution in [0.5, 0.6) is 0 Å². The fourth-order valence-electron chi connectivity index (χ4n) is 3.73. The van der Waals surface area contributed by atoms with Crippen molar-refractivity contribution in [2.75, 3.05) is 36.8 Å². The van der Waals surface area contributed by atoms with E-state index in [0.717, 1.165) is 41.1 Å². The van der Waals surface area contributed by atoms with E-state index in [2.05, 4.69) is 28.7 Å². The quantitative estimate of drug-likeness (QED) is 0.664. The van der Waals surface area contributed by atoms with Crippen molar-refractivity contribution in [1.82, 2.24) is 19.9 Å². The van der Waals surface area contributed by atoms with Gasteiger partial charge in [0.25, 0.3) is 0 Å². The Morgan fingerprint density at radius 1 is 1.10 bits per heavy atom. The molecule has 1 saturated heterocycles. The van der Waals surface area contributed by atoms with Crippen LogP contribution in [-0.4, -0.2) is 46.0 Å². The highest BCUT2D eigenvalue weighted by Gasteiger charge is 2.31. The molecule has 1 unspecified atom stereocenters. The Hall–Kier alpha value is -2.46. The minimum Gasteiger partial charge on any atom is -0.383 e. The smallest absolute Gasteiger partial charge is 0.383 e. The number of anilines is 2. The second-order valence-electron chi connectivity index (χ2n) is 7.53. The number of rotatable bonds is 3. The zero-order valence-corrected chi connectivity index (χ0v) is 17.8. The average molecular weight is 437 g/mol. The zero-order valence-electron chi connectivity index (χ0n) is 17.0. The number of piperazine rings is 1. The standard InChI is InChI=1S/C20H23F3N6S/c1-11-13(3)30-19-16(11)17(24)26-18(27-19)12(2)28-6-8-29(9-7-28)15-5-4-14(10-25-15)20(21,22)23/h4-5,10,12H,6-9H2,1-3H3,(H2,24,26,27). The van der Waals surface area contributed by atoms with Gasteiger partial charge in [0, 0.05) is 37.3 Å². The lowest BCUT2D eigenvalue weighted by Gasteiger charge is -2.38. The number of nitrogens with zero attached hydrogens (tertiary/aromatic N) is 5. The summed E-state index contributed by atoms with van der Waals surface area (Å²) >= 11 is 1.63. The van der Waals surface area contributed by atoms with Gasteiger partial charge in [-0.2, -0.15) is 13.2 Å². The molecular formula is C20H23F3N6S. The highest BCUT2D eigenvalue weighted by Crippen LogP contribution is 2.34. The van der Waals surface area contributed by atoms with Crippen molar-refractivity contribution in [3.63, 3.8) is 0 Å². The van der Waals surface area contributed by atoms with Gasteiger partial charge >= 0.3 is 6.18 Å². The first kappa shape index (κ1) is 20.8. The number of hydrogen-bond donors (Lipinski definition) is 1. The largest absolute Gasteiger partial charge is 0.417 e. The third kappa shape index (κ3) is 3.81. The molecule has 2 N–H and O–H groups in total. The minimum absolute atomic E-state index is 0.0119. The summed E-state index contributed by atoms with van der Waals surface area (Å²) in [5, 5.41) is 0.937. The van der Waals surface area contributed by atoms with Crippen LogP contribution in [0.2, 0.25) is 0 Å². The van der Waals surface area contributed by atoms with Crippen molar-refractivity contribution in [2.24, 2.45) is 0 Å². The molecule has 0 aromatic carbocycles. The SMILES string of the molecule is Cc1sc2nc(C(C)N3CCN(c4ccc(C(F)(F)F)cn4)CC3)nc(N)c2c1C. The maximum absolute atomic E-state index is 12.7. The van der Waals surface area contributed by atoms with Gasteiger partial charge in [-0.05, 0) is 38.5 Å². The number of aromatic nitrogens is 3. The third-order valence-electron chi connectivity index (χ3n) is 5.71. The lowest BCUT2D eigenvalue weighted by atomic mass is 10.2. The van der Waals surface area contributed by atoms with Gasteiger partial charge in [-0.15, -0.1) is 11.3 Å². The number of thiophene rings is 1. The summed E-state index contributed by atoms with van der Waals surface area (Å²) in [6.07, 6.45) is -3.48. The molecule has 0 amide bonds. The van der Waals surface area contributed by atoms with Crippen LogP contribution >= 0.6 is 11.3 Å². The molecule has 10 heteroatoms. The summed E-state index contributed by atoms with van der Waals surface area (Å²) in [6.45, 7) is 8.93. The van der Waals surface area contributed by atoms with Crippen LogP contribution in [0.1, 0.15) is 34.8 Å². The fourth-order valence-corrected chi connectivity index (χ4v) is 4.77. The van der Waals surface area contributed by atoms with E-state index in [1.54, 1.807) is 11.3 Å². The highest BCUT2D eigenvalue weighted by atomic mass is 32.1. The Kier molecular flexibility index (Phi) is 5.31. The van der Waals surface area contributed by atoms with E-state index < -0.39 is 11.7 Å². The van der Waals surface area contributed by atoms with Crippen LogP contribution in [0.25, 0.3) is 10.2 Å². The first-order chi connectivity index (χ1) is 14.1. The van der Waals surface area contributed by atoms with Crippen molar-refractivity contribution in [1.29, 1.82) is 0 Å². The van der Waals surface area contributed by atoms with E-state index in [4.69, 9.17) is 10.7 Å². The van der Waals surface area contributed by atoms with E-state index in [-0.39, 0.29) is 6.04 Å². The molecule has 0 radical (unpaired) electrons. The number of fused-ring (bicyclic) bond motifs is 1. The number of alkyl halides is 3. The van der Waals surface area contributed by atoms with Gasteiger partial charge < -0.3 is 10.6 Å². The number of aryl methyl sites for hydroxylation is 2. The lowest BCUT2D eigenvalue weighted by molar-refractivity contribution is -0.137. The van der Waals surface area contributed by atoms with Crippen LogP contribution in [0.15, 0.2) is 18.3 Å². The van der Waals surface area contributed by atoms with Crippen LogP contribution in [0, 0.1) is 13.8 Å². The monoisotopic (exact) mass is 436 g/mol. The van der Waals surface area contributed by atoms with Gasteiger partial charge in [0.1, 0.15) is 22.3 Å². The Labute approximate surface area is 176 Å². The molecule has 30 heavy (non-hydrogen) atoms. The van der Waals surface area contributed by atoms with Crippen molar-refractivity contribution >= 4 is 33.2 Å². The van der Waals surface area contributed by atoms with Crippen molar-refractivity contribution in [3.05, 3.63) is 40.2 Å². The van der Waals surface area contributed by atoms with Crippen LogP contribution < -0.4 is 10.6 Å². The van der Waals surface area contributed by atoms with Gasteiger partial charge in [0.2, 0.25) is 0 Å². The summed E-state index contributed by atoms with van der Waals surface area (Å²) in [7, 11) is 0. The van der Waals surface area contributed by atoms with Crippen LogP contribution in [-0.2, 0) is 6.18 Å². The first-order valence-electron chi connectivity index (χ1n) is 9.70. The Bertz CT molecular complexity index is 1060. The molecule has 1 aliphatic heterocycles. The fraction of sp³-hybridized carbons (Fsp3) is 0.450. The number of halogens is 3. The highest BCUT2D eigenvalue weighted by molar-refractivity contribution is 7.18. The molecule has 3 aromatic rings. The maximum Gasteiger partial charge on any atom is 0.417 e. The van der Waals surface area contributed by atoms with Crippen molar-refractivity contribution in [2.45, 2.75) is 33.0 Å². The molecule has 0 aliphatic carbocycles. The minimum atomic E-state index is -4.37. The molecule has 4 heterocycles. The molecule has 0 bridgehead atoms. The second kappa shape index (κ2) is 7.66. The Morgan fingerprint density at radius 2 is 1.80 bits per heavy atom. The molecule has 1 fully saturated rings. The van der Waals surface area contributed by atoms with Crippen LogP contribution in [0.3, 0.4) is 0 Å². The molecular weight excluding hydrogens is 413 g/mol. The molecule has 0 spiro atoms. The van der Waals surface area contributed by atoms with E-state index in [1.165, 1.54) is 10.9 Å². The van der Waals surface area contributed by atoms with Gasteiger partial charge in [-0.1, -0.05) is 0 Å². The molecule has 1 aliphatic rings. The molecule has 6 nitrogen and oxygen atoms in total. The normalized spacial score (nSPS) is 16.9. The summed E-state index contributed by atoms with van der Waals surface area (Å²) < 4.78 is 38.2. The number of nitrogens with two attached hydrogens (primary N) is 1. The maximum atomic E-state index is 12.7. The summed E-state index contributed by atoms with van der Waals surface area (Å²) in [5.74, 6) is 1.76. The predicted molar refractivity (Wildman–Crippen MR) is 113 cm³/mol. The van der Waals surface area contributed by atoms with Gasteiger partial charge in [0.15, 0.2) is 0 Å². The number of pyridine rings is 1. The first-order valence-corrected chi connectivity index (χ1v) is 10.5. The predicted octanol–water partition coefficient (Wildman–Crippen LogP) is 4.19. The number of hydrogen-bond acceptors (Lipinski definition) is 7. The zero-order chi connectivity index (χ0) is 21.6. The Balaban J connectivity index is 1.46. The van der Waals surface area contributed by atoms with Crippen molar-refractivity contribution in [3.8, 4) is 0 Å². The summed E-state index contributed by atoms with van der Waals surface area (Å²) in [5.41, 5.74) is 6.62. The Morgan fingerprint density at radius 3 is 2.40 bits per heavy atom. The summed E-state index contributed by atoms with van der Waals surface area (Å²) in [6, 6.07) is 2.50. The number of nitrogen functional groups attached to an aromatic ring is 1.